The van der Waals surface area contributed by atoms with E-state index in [-0.39, 0.29) is 23.8 Å². The van der Waals surface area contributed by atoms with E-state index in [0.717, 1.165) is 29.0 Å². The van der Waals surface area contributed by atoms with Crippen LogP contribution in [-0.4, -0.2) is 50.9 Å². The lowest BCUT2D eigenvalue weighted by Crippen LogP contribution is -2.21. The molecule has 0 bridgehead atoms. The zero-order chi connectivity index (χ0) is 38.7. The molecule has 0 spiro atoms. The van der Waals surface area contributed by atoms with Gasteiger partial charge in [-0.3, -0.25) is 4.79 Å². The Labute approximate surface area is 322 Å². The summed E-state index contributed by atoms with van der Waals surface area (Å²) in [6.07, 6.45) is -0.429. The molecule has 3 heterocycles. The Morgan fingerprint density at radius 3 is 2.40 bits per heavy atom. The van der Waals surface area contributed by atoms with Crippen LogP contribution in [0.2, 0.25) is 0 Å². The van der Waals surface area contributed by atoms with Crippen molar-refractivity contribution in [3.8, 4) is 23.0 Å². The molecule has 6 aromatic rings. The van der Waals surface area contributed by atoms with Gasteiger partial charge in [-0.15, -0.1) is 20.4 Å². The zero-order valence-corrected chi connectivity index (χ0v) is 31.5. The van der Waals surface area contributed by atoms with Gasteiger partial charge in [0, 0.05) is 23.0 Å². The van der Waals surface area contributed by atoms with Gasteiger partial charge in [0.05, 0.1) is 6.61 Å². The van der Waals surface area contributed by atoms with Crippen molar-refractivity contribution in [1.82, 2.24) is 20.4 Å². The number of ketones is 1. The molecule has 7 rings (SSSR count). The van der Waals surface area contributed by atoms with E-state index in [0.29, 0.717) is 64.2 Å². The Balaban J connectivity index is 0.000000188. The maximum absolute atomic E-state index is 13.3. The van der Waals surface area contributed by atoms with E-state index in [1.165, 1.54) is 41.7 Å². The Morgan fingerprint density at radius 2 is 1.60 bits per heavy atom. The molecule has 286 valence electrons. The number of nitrogens with zero attached hydrogens (tertiary/aromatic N) is 4. The van der Waals surface area contributed by atoms with Crippen molar-refractivity contribution in [2.75, 3.05) is 24.7 Å². The van der Waals surface area contributed by atoms with E-state index in [2.05, 4.69) is 20.4 Å². The fourth-order valence-electron chi connectivity index (χ4n) is 4.93. The summed E-state index contributed by atoms with van der Waals surface area (Å²) in [5, 5.41) is 16.7. The minimum Gasteiger partial charge on any atom is -0.493 e. The molecule has 55 heavy (non-hydrogen) atoms. The molecule has 0 radical (unpaired) electrons. The molecule has 1 aliphatic heterocycles. The lowest BCUT2D eigenvalue weighted by Gasteiger charge is -2.23. The smallest absolute Gasteiger partial charge is 0.276 e. The second-order valence-corrected chi connectivity index (χ2v) is 14.2. The summed E-state index contributed by atoms with van der Waals surface area (Å²) in [6.45, 7) is 6.53. The van der Waals surface area contributed by atoms with Gasteiger partial charge in [-0.05, 0) is 85.6 Å². The van der Waals surface area contributed by atoms with Crippen LogP contribution in [0.1, 0.15) is 46.3 Å². The molecule has 16 heteroatoms. The van der Waals surface area contributed by atoms with Crippen molar-refractivity contribution >= 4 is 29.3 Å². The standard InChI is InChI=1S/C21H20F2N2O3S.C18H15FN2O4S/c1-12-4-5-13(2)18(8-12)27-10-19-24-25-21(28-19)29-11-14(3)20(26)15-6-7-16(22)17(23)9-15;19-12-5-7-13(8-6-12)22-9-10-26-18-21-20-17(25-18)16-11-23-14-3-1-2-4-15(14)24-16/h4-9,14H,10-11H2,1-3H3;1-8,16H,9-11H2. The number of thioether (sulfide) groups is 2. The number of benzene rings is 4. The highest BCUT2D eigenvalue weighted by atomic mass is 32.2. The van der Waals surface area contributed by atoms with Crippen LogP contribution < -0.4 is 18.9 Å². The van der Waals surface area contributed by atoms with Crippen LogP contribution in [0.4, 0.5) is 13.2 Å². The minimum absolute atomic E-state index is 0.130. The summed E-state index contributed by atoms with van der Waals surface area (Å²) in [7, 11) is 0. The zero-order valence-electron chi connectivity index (χ0n) is 29.9. The molecule has 2 aromatic heterocycles. The fraction of sp³-hybridized carbons (Fsp3) is 0.256. The first-order valence-electron chi connectivity index (χ1n) is 17.0. The van der Waals surface area contributed by atoms with Gasteiger partial charge in [-0.1, -0.05) is 54.7 Å². The maximum Gasteiger partial charge on any atom is 0.276 e. The van der Waals surface area contributed by atoms with Crippen LogP contribution in [0.15, 0.2) is 104 Å². The van der Waals surface area contributed by atoms with Crippen LogP contribution in [-0.2, 0) is 6.61 Å². The van der Waals surface area contributed by atoms with E-state index in [1.807, 2.05) is 56.3 Å². The molecule has 11 nitrogen and oxygen atoms in total. The molecular formula is C39H35F3N4O7S2. The number of carbonyl (C=O) groups excluding carboxylic acids is 1. The number of hydrogen-bond donors (Lipinski definition) is 0. The van der Waals surface area contributed by atoms with Gasteiger partial charge >= 0.3 is 0 Å². The van der Waals surface area contributed by atoms with E-state index in [9.17, 15) is 18.0 Å². The van der Waals surface area contributed by atoms with E-state index >= 15 is 0 Å². The molecule has 0 aliphatic carbocycles. The Kier molecular flexibility index (Phi) is 13.3. The first-order valence-corrected chi connectivity index (χ1v) is 19.0. The topological polar surface area (TPSA) is 132 Å². The van der Waals surface area contributed by atoms with Crippen LogP contribution in [0.5, 0.6) is 23.0 Å². The largest absolute Gasteiger partial charge is 0.493 e. The average molecular weight is 793 g/mol. The predicted molar refractivity (Wildman–Crippen MR) is 197 cm³/mol. The van der Waals surface area contributed by atoms with E-state index in [4.69, 9.17) is 27.8 Å². The molecule has 2 unspecified atom stereocenters. The van der Waals surface area contributed by atoms with Crippen LogP contribution >= 0.6 is 23.5 Å². The highest BCUT2D eigenvalue weighted by Gasteiger charge is 2.27. The first-order chi connectivity index (χ1) is 26.6. The van der Waals surface area contributed by atoms with Crippen molar-refractivity contribution in [3.63, 3.8) is 0 Å². The lowest BCUT2D eigenvalue weighted by molar-refractivity contribution is 0.0686. The maximum atomic E-state index is 13.3. The molecule has 0 amide bonds. The van der Waals surface area contributed by atoms with Gasteiger partial charge in [0.25, 0.3) is 22.2 Å². The molecule has 1 aliphatic rings. The molecule has 0 fully saturated rings. The van der Waals surface area contributed by atoms with Gasteiger partial charge in [-0.25, -0.2) is 13.2 Å². The van der Waals surface area contributed by atoms with Gasteiger partial charge in [-0.2, -0.15) is 0 Å². The Bertz CT molecular complexity index is 2200. The quantitative estimate of drug-likeness (QED) is 0.0591. The first kappa shape index (κ1) is 39.2. The number of aromatic nitrogens is 4. The average Bonchev–Trinajstić information content (AvgIpc) is 3.87. The highest BCUT2D eigenvalue weighted by Crippen LogP contribution is 2.36. The third kappa shape index (κ3) is 11.0. The second-order valence-electron chi connectivity index (χ2n) is 12.1. The van der Waals surface area contributed by atoms with Gasteiger partial charge in [0.15, 0.2) is 35.5 Å². The number of hydrogen-bond acceptors (Lipinski definition) is 13. The van der Waals surface area contributed by atoms with Gasteiger partial charge in [0.1, 0.15) is 23.9 Å². The van der Waals surface area contributed by atoms with E-state index < -0.39 is 23.7 Å². The van der Waals surface area contributed by atoms with Crippen LogP contribution in [0.25, 0.3) is 0 Å². The summed E-state index contributed by atoms with van der Waals surface area (Å²) >= 11 is 2.60. The van der Waals surface area contributed by atoms with E-state index in [1.54, 1.807) is 19.1 Å². The van der Waals surface area contributed by atoms with Crippen molar-refractivity contribution in [1.29, 1.82) is 0 Å². The molecule has 0 saturated heterocycles. The predicted octanol–water partition coefficient (Wildman–Crippen LogP) is 9.05. The van der Waals surface area contributed by atoms with Crippen molar-refractivity contribution in [3.05, 3.63) is 131 Å². The Morgan fingerprint density at radius 1 is 0.836 bits per heavy atom. The van der Waals surface area contributed by atoms with Crippen LogP contribution in [0, 0.1) is 37.2 Å². The summed E-state index contributed by atoms with van der Waals surface area (Å²) in [4.78, 5) is 12.4. The molecule has 2 atom stereocenters. The third-order valence-electron chi connectivity index (χ3n) is 7.85. The normalized spacial score (nSPS) is 13.7. The number of fused-ring (bicyclic) bond motifs is 1. The second kappa shape index (κ2) is 18.7. The SMILES string of the molecule is Cc1ccc(C)c(OCc2nnc(SCC(C)C(=O)c3ccc(F)c(F)c3)o2)c1.Fc1ccc(OCCSc2nnc(C3COc4ccccc4O3)o2)cc1. The number of Topliss-reactive ketones (excluding diaryl/α,β-unsaturated/α-hetero) is 1. The van der Waals surface area contributed by atoms with Crippen molar-refractivity contribution < 1.29 is 45.7 Å². The minimum atomic E-state index is -1.04. The number of ether oxygens (including phenoxy) is 4. The summed E-state index contributed by atoms with van der Waals surface area (Å²) in [6, 6.07) is 22.4. The van der Waals surface area contributed by atoms with Crippen molar-refractivity contribution in [2.45, 2.75) is 43.9 Å². The highest BCUT2D eigenvalue weighted by molar-refractivity contribution is 7.99. The van der Waals surface area contributed by atoms with Crippen molar-refractivity contribution in [2.24, 2.45) is 5.92 Å². The number of aryl methyl sites for hydroxylation is 2. The molecule has 0 saturated carbocycles. The third-order valence-corrected chi connectivity index (χ3v) is 9.71. The van der Waals surface area contributed by atoms with Gasteiger partial charge in [0.2, 0.25) is 6.10 Å². The summed E-state index contributed by atoms with van der Waals surface area (Å²) < 4.78 is 73.1. The molecule has 0 N–H and O–H groups in total. The number of carbonyl (C=O) groups is 1. The number of para-hydroxylation sites is 2. The summed E-state index contributed by atoms with van der Waals surface area (Å²) in [5.74, 6) is 1.37. The van der Waals surface area contributed by atoms with Gasteiger partial charge < -0.3 is 27.8 Å². The monoisotopic (exact) mass is 792 g/mol. The van der Waals surface area contributed by atoms with Crippen LogP contribution in [0.3, 0.4) is 0 Å². The summed E-state index contributed by atoms with van der Waals surface area (Å²) in [5.41, 5.74) is 2.23. The lowest BCUT2D eigenvalue weighted by atomic mass is 10.0. The molecule has 4 aromatic carbocycles. The molecular weight excluding hydrogens is 758 g/mol. The Hall–Kier alpha value is -5.48. The number of halogens is 3. The number of rotatable bonds is 14. The fourth-order valence-corrected chi connectivity index (χ4v) is 6.31.